The Hall–Kier alpha value is -12.5. The fourth-order valence-corrected chi connectivity index (χ4v) is 17.8. The number of benzene rings is 12. The Labute approximate surface area is 668 Å². The maximum atomic E-state index is 8.55. The Morgan fingerprint density at radius 2 is 0.690 bits per heavy atom. The third kappa shape index (κ3) is 13.0. The molecule has 12 aromatic carbocycles. The molecule has 1 saturated carbocycles. The molecule has 21 rings (SSSR count). The molecule has 0 amide bonds. The van der Waals surface area contributed by atoms with Crippen LogP contribution in [-0.2, 0) is 41.0 Å². The Kier molecular flexibility index (Phi) is 17.1. The summed E-state index contributed by atoms with van der Waals surface area (Å²) in [5.74, 6) is -0.888. The lowest BCUT2D eigenvalue weighted by Crippen LogP contribution is -2.31. The van der Waals surface area contributed by atoms with Gasteiger partial charge < -0.3 is 17.7 Å². The third-order valence-electron chi connectivity index (χ3n) is 23.8. The van der Waals surface area contributed by atoms with E-state index in [1.165, 1.54) is 144 Å². The Morgan fingerprint density at radius 3 is 1.06 bits per heavy atom. The first-order valence-corrected chi connectivity index (χ1v) is 39.6. The largest absolute Gasteiger partial charge is 0.455 e. The molecule has 8 nitrogen and oxygen atoms in total. The fraction of sp³-hybridized carbons (Fsp3) is 0.200. The highest BCUT2D eigenvalue weighted by Crippen LogP contribution is 2.46. The summed E-state index contributed by atoms with van der Waals surface area (Å²) in [7, 11) is 8.15. The summed E-state index contributed by atoms with van der Waals surface area (Å²) in [6.45, 7) is 11.2. The quantitative estimate of drug-likeness (QED) is 0.142. The zero-order valence-corrected chi connectivity index (χ0v) is 66.1. The first-order chi connectivity index (χ1) is 57.3. The monoisotopic (exact) mass is 1480 g/mol. The molecule has 1 aliphatic rings. The van der Waals surface area contributed by atoms with Gasteiger partial charge in [-0.15, -0.1) is 0 Å². The van der Waals surface area contributed by atoms with Crippen LogP contribution in [0, 0.1) is 40.5 Å². The average Bonchev–Trinajstić information content (AvgIpc) is 1.62. The molecule has 0 bridgehead atoms. The van der Waals surface area contributed by atoms with Gasteiger partial charge in [-0.25, -0.2) is 18.3 Å². The van der Waals surface area contributed by atoms with Gasteiger partial charge >= 0.3 is 0 Å². The van der Waals surface area contributed by atoms with Crippen LogP contribution in [0.1, 0.15) is 111 Å². The Balaban J connectivity index is 0.000000109. The van der Waals surface area contributed by atoms with E-state index in [9.17, 15) is 0 Å². The molecule has 1 fully saturated rings. The van der Waals surface area contributed by atoms with E-state index in [0.717, 1.165) is 117 Å². The zero-order valence-electron chi connectivity index (χ0n) is 72.1. The number of rotatable bonds is 8. The van der Waals surface area contributed by atoms with Gasteiger partial charge in [-0.1, -0.05) is 223 Å². The van der Waals surface area contributed by atoms with E-state index in [0.29, 0.717) is 11.1 Å². The first kappa shape index (κ1) is 65.2. The van der Waals surface area contributed by atoms with Crippen LogP contribution in [0.3, 0.4) is 0 Å². The maximum absolute atomic E-state index is 8.55. The number of nitrogens with zero attached hydrogens (tertiary/aromatic N) is 4. The van der Waals surface area contributed by atoms with Crippen LogP contribution in [0.2, 0.25) is 0 Å². The highest BCUT2D eigenvalue weighted by atomic mass is 16.3. The average molecular weight is 1480 g/mol. The van der Waals surface area contributed by atoms with Gasteiger partial charge in [-0.05, 0) is 171 Å². The number of aryl methyl sites for hydroxylation is 10. The molecule has 556 valence electrons. The molecular formula is C105H96N4O4+4. The molecule has 8 heterocycles. The summed E-state index contributed by atoms with van der Waals surface area (Å²) >= 11 is 0. The lowest BCUT2D eigenvalue weighted by atomic mass is 9.85. The molecule has 0 aliphatic heterocycles. The van der Waals surface area contributed by atoms with Crippen molar-refractivity contribution in [2.75, 3.05) is 0 Å². The SMILES string of the molecule is Cc1cc[n+](C)c(-c2c(C)ccc3c2oc2ccc4ccccc4c23)c1.Cc1ccc2c(oc3ccc4ccccc4c32)c1-c1cc(CC2CCCCC2)cc[n+]1C.[2H]C([2H])(C)c1cc[n+](C)c(-c2c(C)ccc3c2oc2ccc4ccccc4c23)c1.[2H]C([2H])([2H])C([2H])(C)c1cc[n+](C)c(-c2c(C)ccc3c2oc2ccc4ccccc4c23)c1. The van der Waals surface area contributed by atoms with Crippen molar-refractivity contribution in [3.8, 4) is 45.0 Å². The van der Waals surface area contributed by atoms with Gasteiger partial charge in [0.2, 0.25) is 22.8 Å². The lowest BCUT2D eigenvalue weighted by molar-refractivity contribution is -0.660. The molecule has 113 heavy (non-hydrogen) atoms. The van der Waals surface area contributed by atoms with Crippen LogP contribution >= 0.6 is 0 Å². The van der Waals surface area contributed by atoms with Gasteiger partial charge in [0.15, 0.2) is 24.8 Å². The van der Waals surface area contributed by atoms with Crippen LogP contribution in [0.4, 0.5) is 0 Å². The van der Waals surface area contributed by atoms with Crippen molar-refractivity contribution in [3.63, 3.8) is 0 Å². The molecule has 8 heteroatoms. The van der Waals surface area contributed by atoms with Crippen molar-refractivity contribution in [2.24, 2.45) is 34.1 Å². The van der Waals surface area contributed by atoms with Gasteiger partial charge in [-0.3, -0.25) is 0 Å². The molecule has 0 spiro atoms. The smallest absolute Gasteiger partial charge is 0.216 e. The third-order valence-corrected chi connectivity index (χ3v) is 23.8. The Morgan fingerprint density at radius 1 is 0.363 bits per heavy atom. The predicted octanol–water partition coefficient (Wildman–Crippen LogP) is 26.3. The highest BCUT2D eigenvalue weighted by molar-refractivity contribution is 6.24. The van der Waals surface area contributed by atoms with Gasteiger partial charge in [0.05, 0.1) is 22.3 Å². The molecule has 1 unspecified atom stereocenters. The molecule has 0 N–H and O–H groups in total. The zero-order chi connectivity index (χ0) is 82.7. The van der Waals surface area contributed by atoms with Crippen LogP contribution in [-0.4, -0.2) is 0 Å². The van der Waals surface area contributed by atoms with E-state index in [1.807, 2.05) is 85.0 Å². The summed E-state index contributed by atoms with van der Waals surface area (Å²) in [4.78, 5) is 0. The van der Waals surface area contributed by atoms with Crippen LogP contribution in [0.25, 0.3) is 176 Å². The highest BCUT2D eigenvalue weighted by Gasteiger charge is 2.28. The van der Waals surface area contributed by atoms with Crippen molar-refractivity contribution < 1.29 is 44.2 Å². The summed E-state index contributed by atoms with van der Waals surface area (Å²) < 4.78 is 82.5. The Bertz CT molecular complexity index is 7450. The van der Waals surface area contributed by atoms with Crippen molar-refractivity contribution >= 4 is 131 Å². The maximum Gasteiger partial charge on any atom is 0.216 e. The van der Waals surface area contributed by atoms with Gasteiger partial charge in [0.25, 0.3) is 0 Å². The summed E-state index contributed by atoms with van der Waals surface area (Å²) in [6.07, 6.45) is 14.8. The first-order valence-electron chi connectivity index (χ1n) is 42.6. The minimum absolute atomic E-state index is 0.448. The number of aromatic nitrogens is 4. The number of hydrogen-bond acceptors (Lipinski definition) is 4. The number of fused-ring (bicyclic) bond motifs is 20. The molecule has 1 atom stereocenters. The number of pyridine rings is 4. The second-order valence-electron chi connectivity index (χ2n) is 31.2. The summed E-state index contributed by atoms with van der Waals surface area (Å²) in [5, 5.41) is 18.8. The molecule has 8 aromatic heterocycles. The normalized spacial score (nSPS) is 14.3. The second kappa shape index (κ2) is 29.6. The lowest BCUT2D eigenvalue weighted by Gasteiger charge is -2.21. The number of furan rings is 4. The molecule has 20 aromatic rings. The standard InChI is InChI=1S/C30H30NO.C26H24NO.C25H22NO.C24H20NO/c1-20-12-14-25-29-24-11-7-6-10-23(24)13-15-27(29)32-30(25)28(20)26-19-22(16-17-31(26)2)18-21-8-4-3-5-9-21;1-16(2)19-13-14-27(4)22(15-19)24-17(3)9-11-21-25-20-8-6-5-7-18(20)10-12-23(25)28-26(21)24;1-4-17-13-14-26(3)21(15-17)23-16(2)9-11-20-24-19-8-6-5-7-18(19)10-12-22(24)27-25(20)23;1-15-12-13-25(3)20(14-15)22-16(2)8-10-19-23-18-7-5-4-6-17(18)9-11-21(23)26-24(19)22/h6-7,10-17,19,21H,3-5,8-9,18H2,1-2H3;5-16H,1-4H3;5-15H,4H2,1-3H3;4-14H,1-3H3/q4*+1/i;1D3,16D;4D2;. The summed E-state index contributed by atoms with van der Waals surface area (Å²) in [6, 6.07) is 84.1. The predicted molar refractivity (Wildman–Crippen MR) is 469 cm³/mol. The van der Waals surface area contributed by atoms with Crippen molar-refractivity contribution in [1.82, 2.24) is 0 Å². The fourth-order valence-electron chi connectivity index (χ4n) is 17.8. The van der Waals surface area contributed by atoms with E-state index < -0.39 is 19.1 Å². The van der Waals surface area contributed by atoms with Crippen molar-refractivity contribution in [2.45, 2.75) is 106 Å². The molecule has 1 aliphatic carbocycles. The molecular weight excluding hydrogens is 1380 g/mol. The van der Waals surface area contributed by atoms with E-state index in [-0.39, 0.29) is 0 Å². The topological polar surface area (TPSA) is 68.1 Å². The van der Waals surface area contributed by atoms with Gasteiger partial charge in [0.1, 0.15) is 72.9 Å². The van der Waals surface area contributed by atoms with Crippen LogP contribution in [0.5, 0.6) is 0 Å². The van der Waals surface area contributed by atoms with Crippen LogP contribution in [0.15, 0.2) is 285 Å². The minimum Gasteiger partial charge on any atom is -0.455 e. The van der Waals surface area contributed by atoms with Crippen molar-refractivity contribution in [1.29, 1.82) is 0 Å². The van der Waals surface area contributed by atoms with Crippen LogP contribution < -0.4 is 18.3 Å². The summed E-state index contributed by atoms with van der Waals surface area (Å²) in [5.41, 5.74) is 24.1. The van der Waals surface area contributed by atoms with E-state index in [1.54, 1.807) is 13.0 Å². The van der Waals surface area contributed by atoms with E-state index in [2.05, 4.69) is 257 Å². The van der Waals surface area contributed by atoms with Crippen molar-refractivity contribution in [3.05, 3.63) is 312 Å². The minimum atomic E-state index is -2.44. The molecule has 0 saturated heterocycles. The molecule has 0 radical (unpaired) electrons. The van der Waals surface area contributed by atoms with E-state index in [4.69, 9.17) is 25.9 Å². The van der Waals surface area contributed by atoms with E-state index >= 15 is 0 Å². The number of hydrogen-bond donors (Lipinski definition) is 0. The second-order valence-corrected chi connectivity index (χ2v) is 31.2. The van der Waals surface area contributed by atoms with Gasteiger partial charge in [0, 0.05) is 99.8 Å². The van der Waals surface area contributed by atoms with Gasteiger partial charge in [-0.2, -0.15) is 0 Å².